The van der Waals surface area contributed by atoms with Crippen molar-refractivity contribution in [3.63, 3.8) is 0 Å². The van der Waals surface area contributed by atoms with E-state index < -0.39 is 28.9 Å². The monoisotopic (exact) mass is 297 g/mol. The Morgan fingerprint density at radius 1 is 1.29 bits per heavy atom. The minimum Gasteiger partial charge on any atom is -0.343 e. The van der Waals surface area contributed by atoms with Gasteiger partial charge in [-0.1, -0.05) is 5.16 Å². The van der Waals surface area contributed by atoms with Gasteiger partial charge in [0.05, 0.1) is 5.56 Å². The van der Waals surface area contributed by atoms with Gasteiger partial charge in [-0.05, 0) is 18.6 Å². The maximum Gasteiger partial charge on any atom is 0.256 e. The highest BCUT2D eigenvalue weighted by Gasteiger charge is 2.32. The third kappa shape index (κ3) is 2.37. The van der Waals surface area contributed by atoms with Crippen LogP contribution >= 0.6 is 0 Å². The second-order valence-corrected chi connectivity index (χ2v) is 4.75. The molecule has 1 atom stereocenters. The van der Waals surface area contributed by atoms with Gasteiger partial charge in [-0.25, -0.2) is 13.2 Å². The van der Waals surface area contributed by atoms with Gasteiger partial charge in [0.2, 0.25) is 6.39 Å². The molecule has 1 fully saturated rings. The predicted molar refractivity (Wildman–Crippen MR) is 63.9 cm³/mol. The number of benzene rings is 1. The topological polar surface area (TPSA) is 59.2 Å². The zero-order chi connectivity index (χ0) is 15.0. The van der Waals surface area contributed by atoms with Crippen LogP contribution in [0.2, 0.25) is 0 Å². The molecule has 0 N–H and O–H groups in total. The van der Waals surface area contributed by atoms with E-state index in [0.717, 1.165) is 12.1 Å². The number of amides is 1. The average Bonchev–Trinajstić information content (AvgIpc) is 3.14. The van der Waals surface area contributed by atoms with Crippen molar-refractivity contribution < 1.29 is 22.5 Å². The summed E-state index contributed by atoms with van der Waals surface area (Å²) in [5, 5.41) is 3.70. The Bertz CT molecular complexity index is 676. The van der Waals surface area contributed by atoms with Crippen LogP contribution in [0.1, 0.15) is 28.5 Å². The molecule has 1 aromatic carbocycles. The van der Waals surface area contributed by atoms with Crippen LogP contribution in [-0.2, 0) is 0 Å². The van der Waals surface area contributed by atoms with Gasteiger partial charge in [0.25, 0.3) is 5.91 Å². The third-order valence-electron chi connectivity index (χ3n) is 3.48. The lowest BCUT2D eigenvalue weighted by Crippen LogP contribution is -2.29. The number of carbonyl (C=O) groups excluding carboxylic acids is 1. The Balaban J connectivity index is 1.79. The molecule has 0 radical (unpaired) electrons. The molecule has 21 heavy (non-hydrogen) atoms. The largest absolute Gasteiger partial charge is 0.343 e. The summed E-state index contributed by atoms with van der Waals surface area (Å²) in [6.45, 7) is 0.632. The summed E-state index contributed by atoms with van der Waals surface area (Å²) in [7, 11) is 0. The van der Waals surface area contributed by atoms with Crippen molar-refractivity contribution in [2.45, 2.75) is 12.3 Å². The summed E-state index contributed by atoms with van der Waals surface area (Å²) < 4.78 is 44.3. The van der Waals surface area contributed by atoms with Crippen LogP contribution in [0.4, 0.5) is 13.2 Å². The van der Waals surface area contributed by atoms with Gasteiger partial charge in [-0.3, -0.25) is 4.79 Å². The quantitative estimate of drug-likeness (QED) is 0.797. The number of nitrogens with zero attached hydrogens (tertiary/aromatic N) is 3. The van der Waals surface area contributed by atoms with Crippen molar-refractivity contribution in [1.82, 2.24) is 15.0 Å². The Morgan fingerprint density at radius 2 is 2.10 bits per heavy atom. The van der Waals surface area contributed by atoms with E-state index in [1.165, 1.54) is 11.3 Å². The number of carbonyl (C=O) groups is 1. The molecule has 0 aliphatic carbocycles. The van der Waals surface area contributed by atoms with Crippen molar-refractivity contribution in [2.24, 2.45) is 0 Å². The summed E-state index contributed by atoms with van der Waals surface area (Å²) in [5.41, 5.74) is -0.484. The molecule has 110 valence electrons. The van der Waals surface area contributed by atoms with E-state index in [1.54, 1.807) is 0 Å². The Labute approximate surface area is 117 Å². The fourth-order valence-corrected chi connectivity index (χ4v) is 2.38. The van der Waals surface area contributed by atoms with Crippen LogP contribution in [-0.4, -0.2) is 34.0 Å². The van der Waals surface area contributed by atoms with Gasteiger partial charge in [-0.15, -0.1) is 0 Å². The van der Waals surface area contributed by atoms with Gasteiger partial charge >= 0.3 is 0 Å². The lowest BCUT2D eigenvalue weighted by Gasteiger charge is -2.16. The summed E-state index contributed by atoms with van der Waals surface area (Å²) in [6.07, 6.45) is 1.78. The highest BCUT2D eigenvalue weighted by molar-refractivity contribution is 5.94. The molecule has 1 aliphatic rings. The van der Waals surface area contributed by atoms with Crippen LogP contribution in [0.5, 0.6) is 0 Å². The number of hydrogen-bond acceptors (Lipinski definition) is 4. The molecule has 2 heterocycles. The Kier molecular flexibility index (Phi) is 3.36. The number of aromatic nitrogens is 2. The van der Waals surface area contributed by atoms with Gasteiger partial charge < -0.3 is 9.42 Å². The fraction of sp³-hybridized carbons (Fsp3) is 0.308. The molecule has 0 unspecified atom stereocenters. The van der Waals surface area contributed by atoms with Gasteiger partial charge in [-0.2, -0.15) is 4.98 Å². The van der Waals surface area contributed by atoms with Crippen molar-refractivity contribution in [3.05, 3.63) is 47.4 Å². The molecule has 1 saturated heterocycles. The molecule has 0 spiro atoms. The van der Waals surface area contributed by atoms with Gasteiger partial charge in [0, 0.05) is 19.0 Å². The maximum absolute atomic E-state index is 13.6. The Hall–Kier alpha value is -2.38. The van der Waals surface area contributed by atoms with Crippen molar-refractivity contribution >= 4 is 5.91 Å². The molecule has 3 rings (SSSR count). The lowest BCUT2D eigenvalue weighted by atomic mass is 10.1. The number of halogens is 3. The van der Waals surface area contributed by atoms with Crippen LogP contribution < -0.4 is 0 Å². The highest BCUT2D eigenvalue weighted by atomic mass is 19.2. The first kappa shape index (κ1) is 13.6. The van der Waals surface area contributed by atoms with Crippen molar-refractivity contribution in [1.29, 1.82) is 0 Å². The molecular weight excluding hydrogens is 287 g/mol. The van der Waals surface area contributed by atoms with E-state index in [1.807, 2.05) is 0 Å². The van der Waals surface area contributed by atoms with Crippen LogP contribution in [0, 0.1) is 17.5 Å². The molecule has 8 heteroatoms. The standard InChI is InChI=1S/C13H10F3N3O2/c14-9-2-1-8(10(15)11(9)16)13(20)19-4-3-7(5-19)12-17-6-21-18-12/h1-2,6-7H,3-5H2/t7-/m1/s1. The molecule has 0 saturated carbocycles. The summed E-state index contributed by atoms with van der Waals surface area (Å²) in [5.74, 6) is -4.76. The van der Waals surface area contributed by atoms with Crippen LogP contribution in [0.3, 0.4) is 0 Å². The van der Waals surface area contributed by atoms with Gasteiger partial charge in [0.15, 0.2) is 23.3 Å². The maximum atomic E-state index is 13.6. The first-order chi connectivity index (χ1) is 10.1. The number of likely N-dealkylation sites (tertiary alicyclic amines) is 1. The first-order valence-electron chi connectivity index (χ1n) is 6.27. The Morgan fingerprint density at radius 3 is 2.81 bits per heavy atom. The van der Waals surface area contributed by atoms with Gasteiger partial charge in [0.1, 0.15) is 0 Å². The van der Waals surface area contributed by atoms with E-state index >= 15 is 0 Å². The minimum atomic E-state index is -1.64. The van der Waals surface area contributed by atoms with E-state index in [0.29, 0.717) is 18.8 Å². The van der Waals surface area contributed by atoms with E-state index in [-0.39, 0.29) is 12.5 Å². The highest BCUT2D eigenvalue weighted by Crippen LogP contribution is 2.26. The lowest BCUT2D eigenvalue weighted by molar-refractivity contribution is 0.0784. The first-order valence-corrected chi connectivity index (χ1v) is 6.27. The van der Waals surface area contributed by atoms with Crippen LogP contribution in [0.25, 0.3) is 0 Å². The van der Waals surface area contributed by atoms with Crippen molar-refractivity contribution in [2.75, 3.05) is 13.1 Å². The molecular formula is C13H10F3N3O2. The predicted octanol–water partition coefficient (Wildman–Crippen LogP) is 2.12. The van der Waals surface area contributed by atoms with E-state index in [9.17, 15) is 18.0 Å². The van der Waals surface area contributed by atoms with Crippen LogP contribution in [0.15, 0.2) is 23.0 Å². The molecule has 0 bridgehead atoms. The second-order valence-electron chi connectivity index (χ2n) is 4.75. The average molecular weight is 297 g/mol. The zero-order valence-electron chi connectivity index (χ0n) is 10.7. The third-order valence-corrected chi connectivity index (χ3v) is 3.48. The molecule has 5 nitrogen and oxygen atoms in total. The smallest absolute Gasteiger partial charge is 0.256 e. The summed E-state index contributed by atoms with van der Waals surface area (Å²) >= 11 is 0. The number of hydrogen-bond donors (Lipinski definition) is 0. The normalized spacial score (nSPS) is 18.2. The summed E-state index contributed by atoms with van der Waals surface area (Å²) in [6, 6.07) is 1.68. The molecule has 1 aromatic heterocycles. The second kappa shape index (κ2) is 5.19. The van der Waals surface area contributed by atoms with Crippen molar-refractivity contribution in [3.8, 4) is 0 Å². The summed E-state index contributed by atoms with van der Waals surface area (Å²) in [4.78, 5) is 17.4. The molecule has 2 aromatic rings. The number of rotatable bonds is 2. The zero-order valence-corrected chi connectivity index (χ0v) is 10.7. The van der Waals surface area contributed by atoms with E-state index in [2.05, 4.69) is 14.7 Å². The van der Waals surface area contributed by atoms with E-state index in [4.69, 9.17) is 0 Å². The minimum absolute atomic E-state index is 0.110. The molecule has 1 aliphatic heterocycles. The fourth-order valence-electron chi connectivity index (χ4n) is 2.38. The molecule has 1 amide bonds. The SMILES string of the molecule is O=C(c1ccc(F)c(F)c1F)N1CC[C@@H](c2ncon2)C1.